The summed E-state index contributed by atoms with van der Waals surface area (Å²) in [4.78, 5) is 35.6. The fourth-order valence-corrected chi connectivity index (χ4v) is 2.58. The molecule has 31 heavy (non-hydrogen) atoms. The van der Waals surface area contributed by atoms with Crippen LogP contribution in [0.2, 0.25) is 0 Å². The molecule has 0 aliphatic rings. The largest absolute Gasteiger partial charge is 0.484 e. The molecule has 3 amide bonds. The van der Waals surface area contributed by atoms with Gasteiger partial charge >= 0.3 is 11.8 Å². The second-order valence-electron chi connectivity index (χ2n) is 7.21. The van der Waals surface area contributed by atoms with E-state index in [2.05, 4.69) is 21.2 Å². The van der Waals surface area contributed by atoms with Crippen molar-refractivity contribution >= 4 is 29.6 Å². The van der Waals surface area contributed by atoms with Crippen molar-refractivity contribution < 1.29 is 19.1 Å². The van der Waals surface area contributed by atoms with Crippen LogP contribution in [-0.4, -0.2) is 36.6 Å². The van der Waals surface area contributed by atoms with Crippen molar-refractivity contribution in [3.8, 4) is 5.75 Å². The van der Waals surface area contributed by atoms with Gasteiger partial charge in [0.2, 0.25) is 0 Å². The van der Waals surface area contributed by atoms with Crippen LogP contribution in [0.4, 0.5) is 5.69 Å². The van der Waals surface area contributed by atoms with E-state index in [1.165, 1.54) is 6.21 Å². The van der Waals surface area contributed by atoms with Crippen molar-refractivity contribution in [2.75, 3.05) is 11.9 Å². The molecule has 0 heterocycles. The Morgan fingerprint density at radius 3 is 2.58 bits per heavy atom. The maximum Gasteiger partial charge on any atom is 0.329 e. The monoisotopic (exact) mass is 424 g/mol. The highest BCUT2D eigenvalue weighted by molar-refractivity contribution is 6.35. The van der Waals surface area contributed by atoms with Crippen molar-refractivity contribution in [1.29, 1.82) is 0 Å². The molecule has 2 rings (SSSR count). The Hall–Kier alpha value is -3.68. The molecule has 0 saturated heterocycles. The summed E-state index contributed by atoms with van der Waals surface area (Å²) in [5.74, 6) is -1.38. The standard InChI is InChI=1S/C23H28N4O4/c1-5-17(4)25-22(29)23(30)27-24-13-18-7-6-8-19(12-18)31-14-21(28)26-20-10-9-15(2)11-16(20)3/h6-13,17H,5,14H2,1-4H3,(H,25,29)(H,26,28)(H,27,30)/b24-13-/t17-/m1/s1. The minimum Gasteiger partial charge on any atom is -0.484 e. The van der Waals surface area contributed by atoms with E-state index in [0.717, 1.165) is 23.2 Å². The van der Waals surface area contributed by atoms with Crippen LogP contribution in [0, 0.1) is 13.8 Å². The number of rotatable bonds is 8. The third-order valence-corrected chi connectivity index (χ3v) is 4.46. The van der Waals surface area contributed by atoms with E-state index in [0.29, 0.717) is 11.3 Å². The van der Waals surface area contributed by atoms with Gasteiger partial charge in [0.05, 0.1) is 6.21 Å². The number of anilines is 1. The Kier molecular flexibility index (Phi) is 8.75. The van der Waals surface area contributed by atoms with E-state index < -0.39 is 11.8 Å². The zero-order valence-electron chi connectivity index (χ0n) is 18.2. The molecule has 2 aromatic rings. The average molecular weight is 425 g/mol. The topological polar surface area (TPSA) is 109 Å². The molecule has 0 fully saturated rings. The zero-order valence-corrected chi connectivity index (χ0v) is 18.2. The number of hydrogen-bond acceptors (Lipinski definition) is 5. The van der Waals surface area contributed by atoms with Gasteiger partial charge in [-0.25, -0.2) is 5.43 Å². The van der Waals surface area contributed by atoms with Crippen molar-refractivity contribution in [1.82, 2.24) is 10.7 Å². The van der Waals surface area contributed by atoms with E-state index >= 15 is 0 Å². The Labute approximate surface area is 182 Å². The summed E-state index contributed by atoms with van der Waals surface area (Å²) in [6.45, 7) is 7.48. The number of carbonyl (C=O) groups excluding carboxylic acids is 3. The average Bonchev–Trinajstić information content (AvgIpc) is 2.74. The highest BCUT2D eigenvalue weighted by atomic mass is 16.5. The molecule has 0 unspecified atom stereocenters. The highest BCUT2D eigenvalue weighted by Gasteiger charge is 2.14. The van der Waals surface area contributed by atoms with Crippen LogP contribution in [0.15, 0.2) is 47.6 Å². The number of benzene rings is 2. The number of nitrogens with one attached hydrogen (secondary N) is 3. The Balaban J connectivity index is 1.85. The van der Waals surface area contributed by atoms with Crippen LogP contribution in [0.25, 0.3) is 0 Å². The van der Waals surface area contributed by atoms with Crippen LogP contribution >= 0.6 is 0 Å². The normalized spacial score (nSPS) is 11.6. The Bertz CT molecular complexity index is 972. The predicted octanol–water partition coefficient (Wildman–Crippen LogP) is 2.69. The molecule has 0 radical (unpaired) electrons. The predicted molar refractivity (Wildman–Crippen MR) is 120 cm³/mol. The van der Waals surface area contributed by atoms with E-state index in [-0.39, 0.29) is 18.6 Å². The molecule has 0 spiro atoms. The van der Waals surface area contributed by atoms with Gasteiger partial charge in [0.1, 0.15) is 5.75 Å². The first-order chi connectivity index (χ1) is 14.8. The molecule has 0 aromatic heterocycles. The highest BCUT2D eigenvalue weighted by Crippen LogP contribution is 2.16. The number of aryl methyl sites for hydroxylation is 2. The number of hydrazone groups is 1. The first-order valence-corrected chi connectivity index (χ1v) is 10.0. The first-order valence-electron chi connectivity index (χ1n) is 10.0. The summed E-state index contributed by atoms with van der Waals surface area (Å²) in [6, 6.07) is 12.5. The summed E-state index contributed by atoms with van der Waals surface area (Å²) in [6.07, 6.45) is 2.11. The van der Waals surface area contributed by atoms with Crippen LogP contribution in [0.1, 0.15) is 37.0 Å². The summed E-state index contributed by atoms with van der Waals surface area (Å²) < 4.78 is 5.54. The molecular weight excluding hydrogens is 396 g/mol. The smallest absolute Gasteiger partial charge is 0.329 e. The molecule has 0 aliphatic heterocycles. The van der Waals surface area contributed by atoms with E-state index in [1.54, 1.807) is 24.3 Å². The number of amides is 3. The summed E-state index contributed by atoms with van der Waals surface area (Å²) in [5, 5.41) is 9.16. The van der Waals surface area contributed by atoms with Gasteiger partial charge in [0.25, 0.3) is 5.91 Å². The number of nitrogens with zero attached hydrogens (tertiary/aromatic N) is 1. The molecule has 0 aliphatic carbocycles. The van der Waals surface area contributed by atoms with Crippen LogP contribution < -0.4 is 20.8 Å². The lowest BCUT2D eigenvalue weighted by atomic mass is 10.1. The van der Waals surface area contributed by atoms with Gasteiger partial charge in [0.15, 0.2) is 6.61 Å². The van der Waals surface area contributed by atoms with E-state index in [1.807, 2.05) is 45.9 Å². The lowest BCUT2D eigenvalue weighted by molar-refractivity contribution is -0.139. The molecule has 0 bridgehead atoms. The Morgan fingerprint density at radius 2 is 1.87 bits per heavy atom. The van der Waals surface area contributed by atoms with Gasteiger partial charge in [-0.2, -0.15) is 5.10 Å². The molecule has 8 nitrogen and oxygen atoms in total. The number of hydrogen-bond donors (Lipinski definition) is 3. The van der Waals surface area contributed by atoms with Crippen molar-refractivity contribution in [3.05, 3.63) is 59.2 Å². The molecular formula is C23H28N4O4. The lowest BCUT2D eigenvalue weighted by Gasteiger charge is -2.10. The van der Waals surface area contributed by atoms with Crippen LogP contribution in [0.3, 0.4) is 0 Å². The van der Waals surface area contributed by atoms with Crippen LogP contribution in [-0.2, 0) is 14.4 Å². The molecule has 1 atom stereocenters. The fraction of sp³-hybridized carbons (Fsp3) is 0.304. The van der Waals surface area contributed by atoms with E-state index in [9.17, 15) is 14.4 Å². The van der Waals surface area contributed by atoms with Gasteiger partial charge in [-0.3, -0.25) is 14.4 Å². The summed E-state index contributed by atoms with van der Waals surface area (Å²) in [5.41, 5.74) is 5.66. The van der Waals surface area contributed by atoms with Gasteiger partial charge in [-0.1, -0.05) is 36.8 Å². The number of carbonyl (C=O) groups is 3. The van der Waals surface area contributed by atoms with Gasteiger partial charge in [0, 0.05) is 11.7 Å². The maximum atomic E-state index is 12.2. The van der Waals surface area contributed by atoms with Gasteiger partial charge in [-0.15, -0.1) is 0 Å². The molecule has 3 N–H and O–H groups in total. The summed E-state index contributed by atoms with van der Waals surface area (Å²) >= 11 is 0. The van der Waals surface area contributed by atoms with Gasteiger partial charge in [-0.05, 0) is 56.5 Å². The van der Waals surface area contributed by atoms with Gasteiger partial charge < -0.3 is 15.4 Å². The van der Waals surface area contributed by atoms with E-state index in [4.69, 9.17) is 4.74 Å². The number of ether oxygens (including phenoxy) is 1. The maximum absolute atomic E-state index is 12.2. The second kappa shape index (κ2) is 11.5. The van der Waals surface area contributed by atoms with Crippen molar-refractivity contribution in [2.24, 2.45) is 5.10 Å². The third kappa shape index (κ3) is 7.93. The minimum absolute atomic E-state index is 0.0943. The molecule has 0 saturated carbocycles. The third-order valence-electron chi connectivity index (χ3n) is 4.46. The second-order valence-corrected chi connectivity index (χ2v) is 7.21. The SMILES string of the molecule is CC[C@@H](C)NC(=O)C(=O)N/N=C\c1cccc(OCC(=O)Nc2ccc(C)cc2C)c1. The first kappa shape index (κ1) is 23.6. The Morgan fingerprint density at radius 1 is 1.10 bits per heavy atom. The van der Waals surface area contributed by atoms with Crippen molar-refractivity contribution in [2.45, 2.75) is 40.2 Å². The zero-order chi connectivity index (χ0) is 22.8. The quantitative estimate of drug-likeness (QED) is 0.344. The molecule has 164 valence electrons. The summed E-state index contributed by atoms with van der Waals surface area (Å²) in [7, 11) is 0. The molecule has 8 heteroatoms. The van der Waals surface area contributed by atoms with Crippen LogP contribution in [0.5, 0.6) is 5.75 Å². The molecule has 2 aromatic carbocycles. The van der Waals surface area contributed by atoms with Crippen molar-refractivity contribution in [3.63, 3.8) is 0 Å². The minimum atomic E-state index is -0.841. The fourth-order valence-electron chi connectivity index (χ4n) is 2.58. The lowest BCUT2D eigenvalue weighted by Crippen LogP contribution is -2.41.